The molecule has 0 saturated carbocycles. The normalized spacial score (nSPS) is 14.7. The van der Waals surface area contributed by atoms with Crippen molar-refractivity contribution in [3.05, 3.63) is 86.4 Å². The van der Waals surface area contributed by atoms with Crippen molar-refractivity contribution in [2.75, 3.05) is 29.6 Å². The lowest BCUT2D eigenvalue weighted by Gasteiger charge is -2.33. The van der Waals surface area contributed by atoms with Crippen LogP contribution in [0.15, 0.2) is 47.4 Å². The molecule has 1 aliphatic rings. The molecule has 0 spiro atoms. The summed E-state index contributed by atoms with van der Waals surface area (Å²) in [5, 5.41) is 3.61. The van der Waals surface area contributed by atoms with Crippen LogP contribution in [0.1, 0.15) is 59.0 Å². The maximum atomic E-state index is 14.8. The topological polar surface area (TPSA) is 105 Å². The highest BCUT2D eigenvalue weighted by atomic mass is 35.5. The molecule has 5 rings (SSSR count). The van der Waals surface area contributed by atoms with Crippen LogP contribution < -0.4 is 20.5 Å². The Bertz CT molecular complexity index is 1660. The van der Waals surface area contributed by atoms with Gasteiger partial charge in [0.15, 0.2) is 5.69 Å². The summed E-state index contributed by atoms with van der Waals surface area (Å²) in [5.41, 5.74) is 3.31. The predicted molar refractivity (Wildman–Crippen MR) is 162 cm³/mol. The summed E-state index contributed by atoms with van der Waals surface area (Å²) in [6.45, 7) is 5.24. The van der Waals surface area contributed by atoms with Crippen molar-refractivity contribution < 1.29 is 9.18 Å². The zero-order chi connectivity index (χ0) is 29.3. The van der Waals surface area contributed by atoms with Gasteiger partial charge in [-0.05, 0) is 68.5 Å². The van der Waals surface area contributed by atoms with E-state index in [1.165, 1.54) is 22.3 Å². The first-order chi connectivity index (χ1) is 19.7. The first-order valence-electron chi connectivity index (χ1n) is 13.3. The third-order valence-corrected chi connectivity index (χ3v) is 8.04. The van der Waals surface area contributed by atoms with E-state index in [-0.39, 0.29) is 21.8 Å². The Balaban J connectivity index is 1.48. The SMILES string of the molecule is CSNC(=O)c1nc(Cl)ccc1NC(C)c1cc(F)cc2c(=O)n(C)c(N3CCC(c4ccc(C)nc4)CC3)nc12. The molecule has 0 radical (unpaired) electrons. The third kappa shape index (κ3) is 6.01. The minimum absolute atomic E-state index is 0.107. The van der Waals surface area contributed by atoms with E-state index >= 15 is 0 Å². The highest BCUT2D eigenvalue weighted by Crippen LogP contribution is 2.32. The molecule has 12 heteroatoms. The summed E-state index contributed by atoms with van der Waals surface area (Å²) in [5.74, 6) is -0.0414. The predicted octanol–water partition coefficient (Wildman–Crippen LogP) is 5.39. The second-order valence-electron chi connectivity index (χ2n) is 10.2. The first-order valence-corrected chi connectivity index (χ1v) is 14.9. The van der Waals surface area contributed by atoms with Gasteiger partial charge in [-0.25, -0.2) is 14.4 Å². The molecule has 2 N–H and O–H groups in total. The Morgan fingerprint density at radius 1 is 1.17 bits per heavy atom. The van der Waals surface area contributed by atoms with Crippen molar-refractivity contribution >= 4 is 52.0 Å². The molecule has 214 valence electrons. The number of hydrogen-bond acceptors (Lipinski definition) is 8. The van der Waals surface area contributed by atoms with E-state index in [9.17, 15) is 14.0 Å². The van der Waals surface area contributed by atoms with Gasteiger partial charge in [-0.2, -0.15) is 0 Å². The molecule has 4 heterocycles. The van der Waals surface area contributed by atoms with Gasteiger partial charge in [-0.3, -0.25) is 23.9 Å². The number of pyridine rings is 2. The minimum Gasteiger partial charge on any atom is -0.377 e. The van der Waals surface area contributed by atoms with Crippen LogP contribution in [0.3, 0.4) is 0 Å². The molecule has 4 aromatic rings. The second kappa shape index (κ2) is 12.0. The van der Waals surface area contributed by atoms with Crippen molar-refractivity contribution in [1.82, 2.24) is 24.2 Å². The summed E-state index contributed by atoms with van der Waals surface area (Å²) < 4.78 is 19.0. The number of carbonyl (C=O) groups is 1. The number of nitrogens with zero attached hydrogens (tertiary/aromatic N) is 5. The van der Waals surface area contributed by atoms with Crippen LogP contribution in [-0.4, -0.2) is 44.8 Å². The number of amides is 1. The Labute approximate surface area is 246 Å². The summed E-state index contributed by atoms with van der Waals surface area (Å²) in [6, 6.07) is 9.45. The molecule has 1 unspecified atom stereocenters. The molecule has 1 atom stereocenters. The molecule has 9 nitrogen and oxygen atoms in total. The van der Waals surface area contributed by atoms with Gasteiger partial charge in [0.25, 0.3) is 11.5 Å². The van der Waals surface area contributed by atoms with Gasteiger partial charge in [0.05, 0.1) is 22.6 Å². The fourth-order valence-electron chi connectivity index (χ4n) is 5.28. The molecule has 0 aliphatic carbocycles. The van der Waals surface area contributed by atoms with Crippen LogP contribution >= 0.6 is 23.5 Å². The average Bonchev–Trinajstić information content (AvgIpc) is 2.96. The monoisotopic (exact) mass is 595 g/mol. The number of rotatable bonds is 7. The Morgan fingerprint density at radius 3 is 2.61 bits per heavy atom. The van der Waals surface area contributed by atoms with Crippen molar-refractivity contribution in [1.29, 1.82) is 0 Å². The average molecular weight is 596 g/mol. The number of benzene rings is 1. The van der Waals surface area contributed by atoms with Crippen LogP contribution in [-0.2, 0) is 7.05 Å². The molecule has 41 heavy (non-hydrogen) atoms. The zero-order valence-electron chi connectivity index (χ0n) is 23.2. The highest BCUT2D eigenvalue weighted by Gasteiger charge is 2.26. The summed E-state index contributed by atoms with van der Waals surface area (Å²) in [4.78, 5) is 41.7. The molecule has 1 amide bonds. The lowest BCUT2D eigenvalue weighted by molar-refractivity contribution is 0.0980. The van der Waals surface area contributed by atoms with E-state index in [0.717, 1.165) is 43.6 Å². The van der Waals surface area contributed by atoms with Crippen LogP contribution in [0.4, 0.5) is 16.0 Å². The van der Waals surface area contributed by atoms with Gasteiger partial charge in [0.1, 0.15) is 11.0 Å². The number of aromatic nitrogens is 4. The molecule has 0 bridgehead atoms. The number of aryl methyl sites for hydroxylation is 1. The van der Waals surface area contributed by atoms with E-state index in [1.807, 2.05) is 26.1 Å². The molecule has 1 saturated heterocycles. The third-order valence-electron chi connectivity index (χ3n) is 7.44. The molecule has 3 aromatic heterocycles. The van der Waals surface area contributed by atoms with Gasteiger partial charge in [-0.1, -0.05) is 29.6 Å². The maximum absolute atomic E-state index is 14.8. The van der Waals surface area contributed by atoms with Crippen molar-refractivity contribution in [3.8, 4) is 0 Å². The van der Waals surface area contributed by atoms with Crippen LogP contribution in [0.5, 0.6) is 0 Å². The quantitative estimate of drug-likeness (QED) is 0.216. The van der Waals surface area contributed by atoms with Crippen molar-refractivity contribution in [2.45, 2.75) is 38.6 Å². The first kappa shape index (κ1) is 28.8. The number of anilines is 2. The summed E-state index contributed by atoms with van der Waals surface area (Å²) in [7, 11) is 1.67. The summed E-state index contributed by atoms with van der Waals surface area (Å²) >= 11 is 7.20. The van der Waals surface area contributed by atoms with Crippen LogP contribution in [0.2, 0.25) is 5.15 Å². The number of halogens is 2. The molecular formula is C29H31ClFN7O2S. The minimum atomic E-state index is -0.546. The number of carbonyl (C=O) groups excluding carboxylic acids is 1. The van der Waals surface area contributed by atoms with Gasteiger partial charge in [0.2, 0.25) is 5.95 Å². The number of hydrogen-bond donors (Lipinski definition) is 2. The lowest BCUT2D eigenvalue weighted by Crippen LogP contribution is -2.37. The summed E-state index contributed by atoms with van der Waals surface area (Å²) in [6.07, 6.45) is 5.47. The standard InChI is InChI=1S/C29H31ClFN7O2S/c1-16-5-6-19(15-32-16)18-9-11-38(12-10-18)29-35-25-21(13-20(31)14-22(25)28(40)37(29)3)17(2)33-23-7-8-24(30)34-26(23)27(39)36-41-4/h5-8,13-15,17-18,33H,9-12H2,1-4H3,(H,36,39). The highest BCUT2D eigenvalue weighted by molar-refractivity contribution is 7.97. The van der Waals surface area contributed by atoms with E-state index in [0.29, 0.717) is 28.6 Å². The van der Waals surface area contributed by atoms with Crippen LogP contribution in [0, 0.1) is 12.7 Å². The Kier molecular flexibility index (Phi) is 8.46. The second-order valence-corrected chi connectivity index (χ2v) is 11.2. The Morgan fingerprint density at radius 2 is 1.93 bits per heavy atom. The fraction of sp³-hybridized carbons (Fsp3) is 0.345. The van der Waals surface area contributed by atoms with Crippen LogP contribution in [0.25, 0.3) is 10.9 Å². The van der Waals surface area contributed by atoms with E-state index in [1.54, 1.807) is 25.4 Å². The maximum Gasteiger partial charge on any atom is 0.281 e. The molecule has 1 fully saturated rings. The zero-order valence-corrected chi connectivity index (χ0v) is 24.8. The molecular weight excluding hydrogens is 565 g/mol. The van der Waals surface area contributed by atoms with Crippen molar-refractivity contribution in [3.63, 3.8) is 0 Å². The van der Waals surface area contributed by atoms with Crippen molar-refractivity contribution in [2.24, 2.45) is 7.05 Å². The number of nitrogens with one attached hydrogen (secondary N) is 2. The lowest BCUT2D eigenvalue weighted by atomic mass is 9.90. The van der Waals surface area contributed by atoms with Gasteiger partial charge < -0.3 is 10.2 Å². The van der Waals surface area contributed by atoms with E-state index in [2.05, 4.69) is 31.0 Å². The van der Waals surface area contributed by atoms with E-state index < -0.39 is 17.8 Å². The molecule has 1 aromatic carbocycles. The van der Waals surface area contributed by atoms with Gasteiger partial charge in [-0.15, -0.1) is 0 Å². The molecule has 1 aliphatic heterocycles. The fourth-order valence-corrected chi connectivity index (χ4v) is 5.71. The number of piperidine rings is 1. The van der Waals surface area contributed by atoms with Gasteiger partial charge >= 0.3 is 0 Å². The van der Waals surface area contributed by atoms with Gasteiger partial charge in [0, 0.05) is 43.8 Å². The Hall–Kier alpha value is -3.70. The smallest absolute Gasteiger partial charge is 0.281 e. The number of fused-ring (bicyclic) bond motifs is 1. The van der Waals surface area contributed by atoms with E-state index in [4.69, 9.17) is 16.6 Å². The largest absolute Gasteiger partial charge is 0.377 e.